The third-order valence-electron chi connectivity index (χ3n) is 1.98. The molecule has 0 saturated carbocycles. The highest BCUT2D eigenvalue weighted by Crippen LogP contribution is 2.01. The highest BCUT2D eigenvalue weighted by molar-refractivity contribution is 5.73. The maximum atomic E-state index is 11.2. The average Bonchev–Trinajstić information content (AvgIpc) is 2.25. The number of amides is 2. The van der Waals surface area contributed by atoms with Crippen LogP contribution in [0.25, 0.3) is 0 Å². The van der Waals surface area contributed by atoms with Gasteiger partial charge in [0.15, 0.2) is 0 Å². The van der Waals surface area contributed by atoms with Crippen LogP contribution in [0.3, 0.4) is 0 Å². The first-order valence-electron chi connectivity index (χ1n) is 4.90. The molecule has 0 atom stereocenters. The molecule has 2 amide bonds. The number of hydrogen-bond donors (Lipinski definition) is 2. The Hall–Kier alpha value is -1.77. The maximum absolute atomic E-state index is 11.2. The molecule has 0 aliphatic heterocycles. The third kappa shape index (κ3) is 4.31. The number of urea groups is 1. The second kappa shape index (κ2) is 5.86. The summed E-state index contributed by atoms with van der Waals surface area (Å²) in [5, 5.41) is 5.40. The minimum Gasteiger partial charge on any atom is -0.335 e. The van der Waals surface area contributed by atoms with Crippen LogP contribution in [0.4, 0.5) is 4.79 Å². The van der Waals surface area contributed by atoms with Crippen LogP contribution in [0.2, 0.25) is 0 Å². The van der Waals surface area contributed by atoms with E-state index in [-0.39, 0.29) is 6.03 Å². The molecule has 0 saturated heterocycles. The fraction of sp³-hybridized carbons (Fsp3) is 0.250. The van der Waals surface area contributed by atoms with E-state index in [1.807, 2.05) is 31.2 Å². The monoisotopic (exact) mass is 204 g/mol. The molecule has 0 fully saturated rings. The Kier molecular flexibility index (Phi) is 4.41. The SMILES string of the molecule is C=CCNC(=O)NCc1ccc(C)cc1. The van der Waals surface area contributed by atoms with E-state index in [0.717, 1.165) is 5.56 Å². The van der Waals surface area contributed by atoms with Crippen molar-refractivity contribution in [2.45, 2.75) is 13.5 Å². The van der Waals surface area contributed by atoms with Gasteiger partial charge in [-0.2, -0.15) is 0 Å². The van der Waals surface area contributed by atoms with Crippen LogP contribution >= 0.6 is 0 Å². The largest absolute Gasteiger partial charge is 0.335 e. The summed E-state index contributed by atoms with van der Waals surface area (Å²) < 4.78 is 0. The van der Waals surface area contributed by atoms with Crippen molar-refractivity contribution in [3.63, 3.8) is 0 Å². The van der Waals surface area contributed by atoms with Crippen molar-refractivity contribution in [2.24, 2.45) is 0 Å². The standard InChI is InChI=1S/C12H16N2O/c1-3-8-13-12(15)14-9-11-6-4-10(2)5-7-11/h3-7H,1,8-9H2,2H3,(H2,13,14,15). The summed E-state index contributed by atoms with van der Waals surface area (Å²) in [6.45, 7) is 6.58. The van der Waals surface area contributed by atoms with E-state index in [9.17, 15) is 4.79 Å². The molecule has 15 heavy (non-hydrogen) atoms. The van der Waals surface area contributed by atoms with Gasteiger partial charge in [0.1, 0.15) is 0 Å². The second-order valence-corrected chi connectivity index (χ2v) is 3.34. The topological polar surface area (TPSA) is 41.1 Å². The normalized spacial score (nSPS) is 9.40. The summed E-state index contributed by atoms with van der Waals surface area (Å²) in [5.41, 5.74) is 2.31. The van der Waals surface area contributed by atoms with Gasteiger partial charge in [0.25, 0.3) is 0 Å². The minimum absolute atomic E-state index is 0.171. The molecule has 1 aromatic rings. The first-order valence-corrected chi connectivity index (χ1v) is 4.90. The van der Waals surface area contributed by atoms with Crippen molar-refractivity contribution in [3.05, 3.63) is 48.0 Å². The highest BCUT2D eigenvalue weighted by Gasteiger charge is 1.97. The van der Waals surface area contributed by atoms with Gasteiger partial charge in [-0.15, -0.1) is 6.58 Å². The molecule has 0 aromatic heterocycles. The van der Waals surface area contributed by atoms with E-state index in [4.69, 9.17) is 0 Å². The first-order chi connectivity index (χ1) is 7.22. The number of carbonyl (C=O) groups excluding carboxylic acids is 1. The van der Waals surface area contributed by atoms with Crippen molar-refractivity contribution in [3.8, 4) is 0 Å². The summed E-state index contributed by atoms with van der Waals surface area (Å²) in [6, 6.07) is 7.89. The molecular formula is C12H16N2O. The number of nitrogens with one attached hydrogen (secondary N) is 2. The van der Waals surface area contributed by atoms with Gasteiger partial charge < -0.3 is 10.6 Å². The molecule has 0 spiro atoms. The van der Waals surface area contributed by atoms with Crippen LogP contribution in [-0.2, 0) is 6.54 Å². The van der Waals surface area contributed by atoms with Crippen LogP contribution in [-0.4, -0.2) is 12.6 Å². The first kappa shape index (κ1) is 11.3. The number of carbonyl (C=O) groups is 1. The lowest BCUT2D eigenvalue weighted by molar-refractivity contribution is 0.241. The Morgan fingerprint density at radius 3 is 2.60 bits per heavy atom. The third-order valence-corrected chi connectivity index (χ3v) is 1.98. The van der Waals surface area contributed by atoms with Gasteiger partial charge >= 0.3 is 6.03 Å². The zero-order chi connectivity index (χ0) is 11.1. The van der Waals surface area contributed by atoms with Crippen molar-refractivity contribution in [1.29, 1.82) is 0 Å². The molecular weight excluding hydrogens is 188 g/mol. The summed E-state index contributed by atoms with van der Waals surface area (Å²) in [4.78, 5) is 11.2. The van der Waals surface area contributed by atoms with Crippen LogP contribution in [0, 0.1) is 6.92 Å². The Morgan fingerprint density at radius 2 is 2.00 bits per heavy atom. The Morgan fingerprint density at radius 1 is 1.33 bits per heavy atom. The molecule has 2 N–H and O–H groups in total. The zero-order valence-corrected chi connectivity index (χ0v) is 8.92. The number of hydrogen-bond acceptors (Lipinski definition) is 1. The van der Waals surface area contributed by atoms with Gasteiger partial charge in [-0.3, -0.25) is 0 Å². The van der Waals surface area contributed by atoms with Gasteiger partial charge in [0.2, 0.25) is 0 Å². The lowest BCUT2D eigenvalue weighted by Crippen LogP contribution is -2.34. The average molecular weight is 204 g/mol. The van der Waals surface area contributed by atoms with Gasteiger partial charge in [-0.05, 0) is 12.5 Å². The number of aryl methyl sites for hydroxylation is 1. The predicted octanol–water partition coefficient (Wildman–Crippen LogP) is 1.98. The maximum Gasteiger partial charge on any atom is 0.315 e. The van der Waals surface area contributed by atoms with E-state index in [2.05, 4.69) is 17.2 Å². The molecule has 0 bridgehead atoms. The zero-order valence-electron chi connectivity index (χ0n) is 8.92. The summed E-state index contributed by atoms with van der Waals surface area (Å²) in [6.07, 6.45) is 1.64. The molecule has 3 nitrogen and oxygen atoms in total. The van der Waals surface area contributed by atoms with E-state index >= 15 is 0 Å². The predicted molar refractivity (Wildman–Crippen MR) is 61.6 cm³/mol. The summed E-state index contributed by atoms with van der Waals surface area (Å²) in [7, 11) is 0. The second-order valence-electron chi connectivity index (χ2n) is 3.34. The lowest BCUT2D eigenvalue weighted by Gasteiger charge is -2.06. The summed E-state index contributed by atoms with van der Waals surface area (Å²) >= 11 is 0. The van der Waals surface area contributed by atoms with Crippen LogP contribution in [0.1, 0.15) is 11.1 Å². The number of benzene rings is 1. The molecule has 0 heterocycles. The van der Waals surface area contributed by atoms with E-state index in [1.54, 1.807) is 6.08 Å². The van der Waals surface area contributed by atoms with Gasteiger partial charge in [-0.1, -0.05) is 35.9 Å². The quantitative estimate of drug-likeness (QED) is 0.723. The van der Waals surface area contributed by atoms with Gasteiger partial charge in [0, 0.05) is 13.1 Å². The van der Waals surface area contributed by atoms with Crippen LogP contribution in [0.5, 0.6) is 0 Å². The minimum atomic E-state index is -0.171. The molecule has 3 heteroatoms. The van der Waals surface area contributed by atoms with Crippen LogP contribution in [0.15, 0.2) is 36.9 Å². The van der Waals surface area contributed by atoms with E-state index in [0.29, 0.717) is 13.1 Å². The fourth-order valence-electron chi connectivity index (χ4n) is 1.12. The van der Waals surface area contributed by atoms with Crippen molar-refractivity contribution >= 4 is 6.03 Å². The Balaban J connectivity index is 2.33. The van der Waals surface area contributed by atoms with E-state index < -0.39 is 0 Å². The lowest BCUT2D eigenvalue weighted by atomic mass is 10.1. The molecule has 0 radical (unpaired) electrons. The van der Waals surface area contributed by atoms with Crippen LogP contribution < -0.4 is 10.6 Å². The Labute approximate surface area is 90.2 Å². The molecule has 1 rings (SSSR count). The van der Waals surface area contributed by atoms with Crippen molar-refractivity contribution in [1.82, 2.24) is 10.6 Å². The molecule has 0 unspecified atom stereocenters. The summed E-state index contributed by atoms with van der Waals surface area (Å²) in [5.74, 6) is 0. The van der Waals surface area contributed by atoms with Crippen molar-refractivity contribution < 1.29 is 4.79 Å². The van der Waals surface area contributed by atoms with Gasteiger partial charge in [-0.25, -0.2) is 4.79 Å². The highest BCUT2D eigenvalue weighted by atomic mass is 16.2. The molecule has 0 aliphatic rings. The smallest absolute Gasteiger partial charge is 0.315 e. The Bertz CT molecular complexity index is 330. The fourth-order valence-corrected chi connectivity index (χ4v) is 1.12. The molecule has 1 aromatic carbocycles. The molecule has 80 valence electrons. The molecule has 0 aliphatic carbocycles. The van der Waals surface area contributed by atoms with E-state index in [1.165, 1.54) is 5.56 Å². The number of rotatable bonds is 4. The van der Waals surface area contributed by atoms with Crippen molar-refractivity contribution in [2.75, 3.05) is 6.54 Å². The van der Waals surface area contributed by atoms with Gasteiger partial charge in [0.05, 0.1) is 0 Å².